The van der Waals surface area contributed by atoms with E-state index >= 15 is 0 Å². The van der Waals surface area contributed by atoms with E-state index in [1.165, 1.54) is 24.3 Å². The number of nitrogens with one attached hydrogen (secondary N) is 2. The van der Waals surface area contributed by atoms with E-state index in [1.54, 1.807) is 36.4 Å². The number of carbonyl (C=O) groups is 6. The van der Waals surface area contributed by atoms with Crippen molar-refractivity contribution in [3.8, 4) is 0 Å². The zero-order valence-corrected chi connectivity index (χ0v) is 21.0. The summed E-state index contributed by atoms with van der Waals surface area (Å²) >= 11 is 8.09. The van der Waals surface area contributed by atoms with Crippen LogP contribution < -0.4 is 10.6 Å². The molecule has 10 nitrogen and oxygen atoms in total. The summed E-state index contributed by atoms with van der Waals surface area (Å²) < 4.78 is 9.33. The van der Waals surface area contributed by atoms with Crippen LogP contribution in [0.1, 0.15) is 20.7 Å². The molecule has 4 unspecified atom stereocenters. The van der Waals surface area contributed by atoms with Gasteiger partial charge in [-0.15, -0.1) is 0 Å². The van der Waals surface area contributed by atoms with E-state index in [4.69, 9.17) is 0 Å². The van der Waals surface area contributed by atoms with Gasteiger partial charge in [-0.25, -0.2) is 9.59 Å². The minimum atomic E-state index is -1.82. The first-order valence-electron chi connectivity index (χ1n) is 10.4. The Bertz CT molecular complexity index is 1040. The summed E-state index contributed by atoms with van der Waals surface area (Å²) in [7, 11) is 1.98. The van der Waals surface area contributed by atoms with Gasteiger partial charge >= 0.3 is 11.9 Å². The van der Waals surface area contributed by atoms with Gasteiger partial charge in [-0.1, -0.05) is 60.7 Å². The largest absolute Gasteiger partial charge is 0.467 e. The Morgan fingerprint density at radius 3 is 1.19 bits per heavy atom. The Kier molecular flexibility index (Phi) is 10.7. The molecule has 0 heterocycles. The number of amides is 2. The van der Waals surface area contributed by atoms with E-state index < -0.39 is 57.9 Å². The van der Waals surface area contributed by atoms with Crippen molar-refractivity contribution in [2.45, 2.75) is 22.6 Å². The Hall–Kier alpha value is -3.64. The van der Waals surface area contributed by atoms with E-state index in [0.29, 0.717) is 0 Å². The molecule has 0 radical (unpaired) electrons. The zero-order valence-electron chi connectivity index (χ0n) is 19.2. The van der Waals surface area contributed by atoms with Crippen LogP contribution in [0.4, 0.5) is 0 Å². The monoisotopic (exact) mass is 532 g/mol. The third kappa shape index (κ3) is 7.18. The fraction of sp³-hybridized carbons (Fsp3) is 0.250. The highest BCUT2D eigenvalue weighted by Gasteiger charge is 2.41. The molecular weight excluding hydrogens is 508 g/mol. The van der Waals surface area contributed by atoms with Gasteiger partial charge in [0.25, 0.3) is 0 Å². The molecule has 4 atom stereocenters. The highest BCUT2D eigenvalue weighted by Crippen LogP contribution is 2.12. The number of esters is 2. The second-order valence-electron chi connectivity index (χ2n) is 7.28. The van der Waals surface area contributed by atoms with Gasteiger partial charge < -0.3 is 20.1 Å². The molecule has 12 heteroatoms. The molecule has 0 fully saturated rings. The van der Waals surface area contributed by atoms with Crippen molar-refractivity contribution in [3.63, 3.8) is 0 Å². The number of rotatable bonds is 11. The zero-order chi connectivity index (χ0) is 26.8. The van der Waals surface area contributed by atoms with Crippen LogP contribution in [0.15, 0.2) is 60.7 Å². The fourth-order valence-corrected chi connectivity index (χ4v) is 3.48. The van der Waals surface area contributed by atoms with Gasteiger partial charge in [0, 0.05) is 11.1 Å². The molecule has 2 rings (SSSR count). The molecule has 0 aliphatic heterocycles. The topological polar surface area (TPSA) is 145 Å². The van der Waals surface area contributed by atoms with E-state index in [9.17, 15) is 28.8 Å². The molecule has 0 saturated carbocycles. The summed E-state index contributed by atoms with van der Waals surface area (Å²) in [6.07, 6.45) is 0. The standard InChI is InChI=1S/C24H24N2O8S2/c1-33-23(31)15(25-21(29)19(35)17(27)13-9-5-3-6-10-13)16(24(32)34-2)26-22(30)20(36)18(28)14-11-7-4-8-12-14/h3-12,15-16,19-20,35-36H,1-2H3,(H,25,29)(H,26,30). The number of benzene rings is 2. The molecule has 36 heavy (non-hydrogen) atoms. The van der Waals surface area contributed by atoms with Gasteiger partial charge in [-0.05, 0) is 0 Å². The first kappa shape index (κ1) is 28.6. The number of Topliss-reactive ketones (excluding diaryl/α,β-unsaturated/α-hetero) is 2. The number of hydrogen-bond acceptors (Lipinski definition) is 10. The third-order valence-corrected chi connectivity index (χ3v) is 5.89. The maximum Gasteiger partial charge on any atom is 0.331 e. The summed E-state index contributed by atoms with van der Waals surface area (Å²) in [5, 5.41) is 1.30. The van der Waals surface area contributed by atoms with Crippen molar-refractivity contribution in [1.29, 1.82) is 0 Å². The quantitative estimate of drug-likeness (QED) is 0.143. The van der Waals surface area contributed by atoms with Crippen LogP contribution in [0.25, 0.3) is 0 Å². The normalized spacial score (nSPS) is 13.8. The molecule has 0 aromatic heterocycles. The van der Waals surface area contributed by atoms with E-state index in [1.807, 2.05) is 0 Å². The number of methoxy groups -OCH3 is 2. The predicted molar refractivity (Wildman–Crippen MR) is 135 cm³/mol. The smallest absolute Gasteiger partial charge is 0.331 e. The van der Waals surface area contributed by atoms with Crippen LogP contribution in [0.3, 0.4) is 0 Å². The highest BCUT2D eigenvalue weighted by molar-refractivity contribution is 7.83. The summed E-state index contributed by atoms with van der Waals surface area (Å²) in [6, 6.07) is 12.0. The van der Waals surface area contributed by atoms with Crippen LogP contribution >= 0.6 is 25.3 Å². The van der Waals surface area contributed by atoms with E-state index in [2.05, 4.69) is 45.4 Å². The van der Waals surface area contributed by atoms with Crippen molar-refractivity contribution < 1.29 is 38.2 Å². The minimum absolute atomic E-state index is 0.192. The molecule has 190 valence electrons. The third-order valence-electron chi connectivity index (χ3n) is 4.95. The molecule has 2 N–H and O–H groups in total. The van der Waals surface area contributed by atoms with Crippen LogP contribution in [0.2, 0.25) is 0 Å². The van der Waals surface area contributed by atoms with Crippen LogP contribution in [-0.2, 0) is 28.7 Å². The molecule has 2 aromatic carbocycles. The molecule has 2 amide bonds. The average molecular weight is 533 g/mol. The van der Waals surface area contributed by atoms with Crippen LogP contribution in [0.5, 0.6) is 0 Å². The lowest BCUT2D eigenvalue weighted by Gasteiger charge is -2.26. The van der Waals surface area contributed by atoms with Crippen molar-refractivity contribution in [3.05, 3.63) is 71.8 Å². The predicted octanol–water partition coefficient (Wildman–Crippen LogP) is 0.665. The number of hydrogen-bond donors (Lipinski definition) is 4. The number of ether oxygens (including phenoxy) is 2. The second-order valence-corrected chi connectivity index (χ2v) is 8.32. The summed E-state index contributed by atoms with van der Waals surface area (Å²) in [5.41, 5.74) is 0.384. The van der Waals surface area contributed by atoms with Crippen molar-refractivity contribution in [2.75, 3.05) is 14.2 Å². The van der Waals surface area contributed by atoms with Gasteiger partial charge in [-0.2, -0.15) is 25.3 Å². The van der Waals surface area contributed by atoms with Gasteiger partial charge in [0.05, 0.1) is 14.2 Å². The first-order valence-corrected chi connectivity index (χ1v) is 11.5. The Morgan fingerprint density at radius 2 is 0.917 bits per heavy atom. The molecule has 2 aromatic rings. The summed E-state index contributed by atoms with van der Waals surface area (Å²) in [5.74, 6) is -5.65. The number of ketones is 2. The van der Waals surface area contributed by atoms with Crippen molar-refractivity contribution in [2.24, 2.45) is 0 Å². The average Bonchev–Trinajstić information content (AvgIpc) is 2.92. The Labute approximate surface area is 217 Å². The molecule has 0 spiro atoms. The maximum atomic E-state index is 12.8. The van der Waals surface area contributed by atoms with Crippen LogP contribution in [-0.4, -0.2) is 72.1 Å². The van der Waals surface area contributed by atoms with E-state index in [0.717, 1.165) is 14.2 Å². The minimum Gasteiger partial charge on any atom is -0.467 e. The molecular formula is C24H24N2O8S2. The van der Waals surface area contributed by atoms with Gasteiger partial charge in [-0.3, -0.25) is 19.2 Å². The number of thiol groups is 2. The Morgan fingerprint density at radius 1 is 0.611 bits per heavy atom. The highest BCUT2D eigenvalue weighted by atomic mass is 32.1. The molecule has 0 saturated heterocycles. The van der Waals surface area contributed by atoms with Gasteiger partial charge in [0.15, 0.2) is 23.7 Å². The van der Waals surface area contributed by atoms with Gasteiger partial charge in [0.1, 0.15) is 10.5 Å². The maximum absolute atomic E-state index is 12.8. The second kappa shape index (κ2) is 13.4. The number of carbonyl (C=O) groups excluding carboxylic acids is 6. The molecule has 0 aliphatic carbocycles. The molecule has 0 bridgehead atoms. The first-order chi connectivity index (χ1) is 17.1. The van der Waals surface area contributed by atoms with Crippen molar-refractivity contribution >= 4 is 60.6 Å². The fourth-order valence-electron chi connectivity index (χ4n) is 3.03. The summed E-state index contributed by atoms with van der Waals surface area (Å²) in [4.78, 5) is 75.7. The lowest BCUT2D eigenvalue weighted by Crippen LogP contribution is -2.62. The van der Waals surface area contributed by atoms with Gasteiger partial charge in [0.2, 0.25) is 11.8 Å². The molecule has 0 aliphatic rings. The lowest BCUT2D eigenvalue weighted by atomic mass is 10.0. The van der Waals surface area contributed by atoms with E-state index in [-0.39, 0.29) is 11.1 Å². The van der Waals surface area contributed by atoms with Crippen molar-refractivity contribution in [1.82, 2.24) is 10.6 Å². The summed E-state index contributed by atoms with van der Waals surface area (Å²) in [6.45, 7) is 0. The SMILES string of the molecule is COC(=O)C(NC(=O)C(S)C(=O)c1ccccc1)C(NC(=O)C(S)C(=O)c1ccccc1)C(=O)OC. The lowest BCUT2D eigenvalue weighted by molar-refractivity contribution is -0.154. The Balaban J connectivity index is 2.26. The van der Waals surface area contributed by atoms with Crippen LogP contribution in [0, 0.1) is 0 Å².